The van der Waals surface area contributed by atoms with E-state index in [1.54, 1.807) is 6.20 Å². The van der Waals surface area contributed by atoms with Gasteiger partial charge in [0, 0.05) is 24.7 Å². The first-order chi connectivity index (χ1) is 12.8. The maximum atomic E-state index is 12.9. The number of aromatic nitrogens is 4. The predicted octanol–water partition coefficient (Wildman–Crippen LogP) is 2.35. The van der Waals surface area contributed by atoms with Gasteiger partial charge in [-0.3, -0.25) is 14.3 Å². The van der Waals surface area contributed by atoms with E-state index in [0.29, 0.717) is 32.0 Å². The molecule has 7 heteroatoms. The highest BCUT2D eigenvalue weighted by molar-refractivity contribution is 5.93. The van der Waals surface area contributed by atoms with E-state index in [9.17, 15) is 4.79 Å². The Hall–Kier alpha value is -3.19. The minimum Gasteiger partial charge on any atom is -0.378 e. The van der Waals surface area contributed by atoms with Crippen LogP contribution in [0.5, 0.6) is 0 Å². The maximum Gasteiger partial charge on any atom is 0.272 e. The molecule has 4 heterocycles. The molecule has 0 bridgehead atoms. The molecule has 0 saturated carbocycles. The molecule has 1 fully saturated rings. The van der Waals surface area contributed by atoms with Crippen LogP contribution in [0.2, 0.25) is 0 Å². The van der Waals surface area contributed by atoms with Gasteiger partial charge in [0.15, 0.2) is 0 Å². The largest absolute Gasteiger partial charge is 0.378 e. The Morgan fingerprint density at radius 2 is 1.92 bits per heavy atom. The second kappa shape index (κ2) is 5.96. The molecule has 1 aliphatic heterocycles. The van der Waals surface area contributed by atoms with Crippen molar-refractivity contribution in [2.45, 2.75) is 0 Å². The molecule has 4 aromatic rings. The van der Waals surface area contributed by atoms with Gasteiger partial charge < -0.3 is 9.64 Å². The van der Waals surface area contributed by atoms with E-state index in [2.05, 4.69) is 21.2 Å². The number of ether oxygens (including phenoxy) is 1. The molecule has 0 radical (unpaired) electrons. The van der Waals surface area contributed by atoms with Gasteiger partial charge in [0.1, 0.15) is 11.3 Å². The van der Waals surface area contributed by atoms with E-state index in [-0.39, 0.29) is 5.91 Å². The fourth-order valence-corrected chi connectivity index (χ4v) is 3.36. The Morgan fingerprint density at radius 1 is 1.08 bits per heavy atom. The molecule has 26 heavy (non-hydrogen) atoms. The Balaban J connectivity index is 1.56. The number of H-pyrrole nitrogens is 1. The number of rotatable bonds is 2. The zero-order valence-corrected chi connectivity index (χ0v) is 14.1. The molecule has 130 valence electrons. The molecule has 0 atom stereocenters. The van der Waals surface area contributed by atoms with Crippen LogP contribution in [0.25, 0.3) is 27.7 Å². The van der Waals surface area contributed by atoms with Crippen LogP contribution in [-0.4, -0.2) is 56.7 Å². The highest BCUT2D eigenvalue weighted by atomic mass is 16.5. The number of hydrogen-bond acceptors (Lipinski definition) is 4. The first-order valence-electron chi connectivity index (χ1n) is 8.57. The van der Waals surface area contributed by atoms with Gasteiger partial charge >= 0.3 is 0 Å². The molecule has 0 unspecified atom stereocenters. The lowest BCUT2D eigenvalue weighted by molar-refractivity contribution is 0.0298. The Bertz CT molecular complexity index is 1110. The molecule has 1 saturated heterocycles. The van der Waals surface area contributed by atoms with Crippen LogP contribution in [0.4, 0.5) is 0 Å². The van der Waals surface area contributed by atoms with Crippen molar-refractivity contribution in [3.8, 4) is 11.1 Å². The number of nitrogens with zero attached hydrogens (tertiary/aromatic N) is 4. The van der Waals surface area contributed by atoms with E-state index < -0.39 is 0 Å². The standard InChI is InChI=1S/C19H17N5O2/c25-19(23-5-7-26-8-6-23)17-11-20-18-4-2-14(12-24(17)18)13-1-3-16-15(9-13)10-21-22-16/h1-4,9-12H,5-8H2,(H,21,22). The van der Waals surface area contributed by atoms with Crippen LogP contribution in [-0.2, 0) is 4.74 Å². The third kappa shape index (κ3) is 2.44. The summed E-state index contributed by atoms with van der Waals surface area (Å²) in [4.78, 5) is 19.1. The number of hydrogen-bond donors (Lipinski definition) is 1. The van der Waals surface area contributed by atoms with E-state index in [1.165, 1.54) is 0 Å². The molecule has 0 spiro atoms. The monoisotopic (exact) mass is 347 g/mol. The van der Waals surface area contributed by atoms with Crippen molar-refractivity contribution < 1.29 is 9.53 Å². The van der Waals surface area contributed by atoms with Crippen molar-refractivity contribution in [1.82, 2.24) is 24.5 Å². The molecule has 7 nitrogen and oxygen atoms in total. The van der Waals surface area contributed by atoms with Gasteiger partial charge in [-0.05, 0) is 35.4 Å². The van der Waals surface area contributed by atoms with Crippen molar-refractivity contribution in [2.75, 3.05) is 26.3 Å². The topological polar surface area (TPSA) is 75.5 Å². The highest BCUT2D eigenvalue weighted by Gasteiger charge is 2.21. The first kappa shape index (κ1) is 15.1. The van der Waals surface area contributed by atoms with Crippen LogP contribution in [0.1, 0.15) is 10.5 Å². The summed E-state index contributed by atoms with van der Waals surface area (Å²) >= 11 is 0. The summed E-state index contributed by atoms with van der Waals surface area (Å²) in [5.74, 6) is -0.0109. The van der Waals surface area contributed by atoms with Gasteiger partial charge in [0.05, 0.1) is 31.1 Å². The number of morpholine rings is 1. The number of pyridine rings is 1. The predicted molar refractivity (Wildman–Crippen MR) is 97.0 cm³/mol. The fourth-order valence-electron chi connectivity index (χ4n) is 3.36. The lowest BCUT2D eigenvalue weighted by Crippen LogP contribution is -2.41. The van der Waals surface area contributed by atoms with Crippen molar-refractivity contribution in [2.24, 2.45) is 0 Å². The minimum absolute atomic E-state index is 0.0109. The maximum absolute atomic E-state index is 12.9. The second-order valence-corrected chi connectivity index (χ2v) is 6.37. The van der Waals surface area contributed by atoms with Gasteiger partial charge in [-0.15, -0.1) is 0 Å². The van der Waals surface area contributed by atoms with Crippen molar-refractivity contribution in [1.29, 1.82) is 0 Å². The number of imidazole rings is 1. The Morgan fingerprint density at radius 3 is 2.81 bits per heavy atom. The fraction of sp³-hybridized carbons (Fsp3) is 0.211. The molecule has 1 aliphatic rings. The van der Waals surface area contributed by atoms with Crippen LogP contribution < -0.4 is 0 Å². The third-order valence-electron chi connectivity index (χ3n) is 4.80. The molecule has 0 aliphatic carbocycles. The summed E-state index contributed by atoms with van der Waals surface area (Å²) in [5.41, 5.74) is 4.43. The molecule has 1 amide bonds. The Kier molecular flexibility index (Phi) is 3.46. The van der Waals surface area contributed by atoms with Gasteiger partial charge in [0.25, 0.3) is 5.91 Å². The SMILES string of the molecule is O=C(c1cnc2ccc(-c3ccc4[nH]ncc4c3)cn12)N1CCOCC1. The van der Waals surface area contributed by atoms with Crippen molar-refractivity contribution in [3.05, 3.63) is 54.6 Å². The van der Waals surface area contributed by atoms with Crippen LogP contribution in [0.15, 0.2) is 48.9 Å². The van der Waals surface area contributed by atoms with Gasteiger partial charge in [-0.1, -0.05) is 6.07 Å². The number of benzene rings is 1. The van der Waals surface area contributed by atoms with Gasteiger partial charge in [-0.2, -0.15) is 5.10 Å². The number of carbonyl (C=O) groups excluding carboxylic acids is 1. The molecular weight excluding hydrogens is 330 g/mol. The van der Waals surface area contributed by atoms with Crippen LogP contribution in [0, 0.1) is 0 Å². The molecule has 1 aromatic carbocycles. The van der Waals surface area contributed by atoms with Crippen LogP contribution in [0.3, 0.4) is 0 Å². The quantitative estimate of drug-likeness (QED) is 0.604. The average molecular weight is 347 g/mol. The smallest absolute Gasteiger partial charge is 0.272 e. The number of nitrogens with one attached hydrogen (secondary N) is 1. The van der Waals surface area contributed by atoms with Crippen molar-refractivity contribution >= 4 is 22.5 Å². The normalized spacial score (nSPS) is 15.0. The number of aromatic amines is 1. The first-order valence-corrected chi connectivity index (χ1v) is 8.57. The number of amides is 1. The third-order valence-corrected chi connectivity index (χ3v) is 4.80. The zero-order chi connectivity index (χ0) is 17.5. The van der Waals surface area contributed by atoms with E-state index in [4.69, 9.17) is 4.74 Å². The van der Waals surface area contributed by atoms with E-state index >= 15 is 0 Å². The molecular formula is C19H17N5O2. The molecule has 5 rings (SSSR count). The van der Waals surface area contributed by atoms with Crippen molar-refractivity contribution in [3.63, 3.8) is 0 Å². The number of carbonyl (C=O) groups is 1. The summed E-state index contributed by atoms with van der Waals surface area (Å²) in [6.45, 7) is 2.39. The summed E-state index contributed by atoms with van der Waals surface area (Å²) in [5, 5.41) is 8.08. The Labute approximate surface area is 149 Å². The summed E-state index contributed by atoms with van der Waals surface area (Å²) in [6.07, 6.45) is 5.43. The second-order valence-electron chi connectivity index (χ2n) is 6.37. The highest BCUT2D eigenvalue weighted by Crippen LogP contribution is 2.24. The minimum atomic E-state index is -0.0109. The van der Waals surface area contributed by atoms with Gasteiger partial charge in [-0.25, -0.2) is 4.98 Å². The summed E-state index contributed by atoms with van der Waals surface area (Å²) in [6, 6.07) is 10.1. The zero-order valence-electron chi connectivity index (χ0n) is 14.1. The number of fused-ring (bicyclic) bond motifs is 2. The van der Waals surface area contributed by atoms with E-state index in [0.717, 1.165) is 27.7 Å². The van der Waals surface area contributed by atoms with Gasteiger partial charge in [0.2, 0.25) is 0 Å². The molecule has 3 aromatic heterocycles. The van der Waals surface area contributed by atoms with Crippen LogP contribution >= 0.6 is 0 Å². The summed E-state index contributed by atoms with van der Waals surface area (Å²) < 4.78 is 7.20. The summed E-state index contributed by atoms with van der Waals surface area (Å²) in [7, 11) is 0. The molecule has 1 N–H and O–H groups in total. The average Bonchev–Trinajstić information content (AvgIpc) is 3.33. The lowest BCUT2D eigenvalue weighted by atomic mass is 10.1. The lowest BCUT2D eigenvalue weighted by Gasteiger charge is -2.26. The van der Waals surface area contributed by atoms with E-state index in [1.807, 2.05) is 46.0 Å².